The van der Waals surface area contributed by atoms with Crippen LogP contribution >= 0.6 is 0 Å². The van der Waals surface area contributed by atoms with Crippen LogP contribution in [0, 0.1) is 0 Å². The number of carbonyl (C=O) groups is 3. The second-order valence-electron chi connectivity index (χ2n) is 6.75. The van der Waals surface area contributed by atoms with Gasteiger partial charge in [-0.15, -0.1) is 0 Å². The summed E-state index contributed by atoms with van der Waals surface area (Å²) in [6, 6.07) is -0.467. The van der Waals surface area contributed by atoms with E-state index in [2.05, 4.69) is 5.32 Å². The fourth-order valence-electron chi connectivity index (χ4n) is 2.91. The number of amides is 3. The van der Waals surface area contributed by atoms with Crippen LogP contribution < -0.4 is 16.4 Å². The van der Waals surface area contributed by atoms with E-state index in [4.69, 9.17) is 5.73 Å². The SMILES string of the molecule is NC(=O)CCC(NCCCCCC(=O)NCC(F)(F)F)C(=O)N1CCCC1. The summed E-state index contributed by atoms with van der Waals surface area (Å²) in [5.74, 6) is -1.11. The van der Waals surface area contributed by atoms with E-state index in [1.165, 1.54) is 0 Å². The molecular formula is C17H29F3N4O3. The third kappa shape index (κ3) is 10.8. The lowest BCUT2D eigenvalue weighted by Gasteiger charge is -2.24. The highest BCUT2D eigenvalue weighted by atomic mass is 19.4. The predicted molar refractivity (Wildman–Crippen MR) is 93.6 cm³/mol. The van der Waals surface area contributed by atoms with Gasteiger partial charge in [0.1, 0.15) is 6.54 Å². The summed E-state index contributed by atoms with van der Waals surface area (Å²) in [5.41, 5.74) is 5.17. The smallest absolute Gasteiger partial charge is 0.370 e. The van der Waals surface area contributed by atoms with Gasteiger partial charge in [0.2, 0.25) is 17.7 Å². The van der Waals surface area contributed by atoms with Crippen LogP contribution in [-0.4, -0.2) is 61.0 Å². The zero-order chi connectivity index (χ0) is 20.3. The van der Waals surface area contributed by atoms with Gasteiger partial charge in [0.15, 0.2) is 0 Å². The molecule has 1 unspecified atom stereocenters. The van der Waals surface area contributed by atoms with Crippen LogP contribution in [0.4, 0.5) is 13.2 Å². The maximum Gasteiger partial charge on any atom is 0.405 e. The van der Waals surface area contributed by atoms with Gasteiger partial charge in [-0.1, -0.05) is 6.42 Å². The number of likely N-dealkylation sites (tertiary alicyclic amines) is 1. The maximum absolute atomic E-state index is 12.5. The van der Waals surface area contributed by atoms with Crippen molar-refractivity contribution < 1.29 is 27.6 Å². The minimum absolute atomic E-state index is 0.0275. The second-order valence-corrected chi connectivity index (χ2v) is 6.75. The molecule has 10 heteroatoms. The number of hydrogen-bond donors (Lipinski definition) is 3. The number of unbranched alkanes of at least 4 members (excludes halogenated alkanes) is 2. The molecule has 0 radical (unpaired) electrons. The van der Waals surface area contributed by atoms with Gasteiger partial charge >= 0.3 is 6.18 Å². The molecule has 1 atom stereocenters. The van der Waals surface area contributed by atoms with E-state index in [0.29, 0.717) is 32.2 Å². The van der Waals surface area contributed by atoms with Crippen molar-refractivity contribution in [3.05, 3.63) is 0 Å². The Kier molecular flexibility index (Phi) is 10.1. The fraction of sp³-hybridized carbons (Fsp3) is 0.824. The van der Waals surface area contributed by atoms with Crippen molar-refractivity contribution >= 4 is 17.7 Å². The van der Waals surface area contributed by atoms with Gasteiger partial charge < -0.3 is 21.3 Å². The Labute approximate surface area is 157 Å². The highest BCUT2D eigenvalue weighted by Gasteiger charge is 2.28. The Bertz CT molecular complexity index is 494. The summed E-state index contributed by atoms with van der Waals surface area (Å²) >= 11 is 0. The van der Waals surface area contributed by atoms with Crippen molar-refractivity contribution in [2.75, 3.05) is 26.2 Å². The van der Waals surface area contributed by atoms with Crippen LogP contribution in [0.3, 0.4) is 0 Å². The van der Waals surface area contributed by atoms with Crippen LogP contribution in [-0.2, 0) is 14.4 Å². The molecule has 27 heavy (non-hydrogen) atoms. The van der Waals surface area contributed by atoms with Crippen LogP contribution in [0.2, 0.25) is 0 Å². The molecule has 1 saturated heterocycles. The Morgan fingerprint density at radius 3 is 2.30 bits per heavy atom. The van der Waals surface area contributed by atoms with Gasteiger partial charge in [-0.2, -0.15) is 13.2 Å². The predicted octanol–water partition coefficient (Wildman–Crippen LogP) is 1.07. The fourth-order valence-corrected chi connectivity index (χ4v) is 2.91. The number of carbonyl (C=O) groups excluding carboxylic acids is 3. The van der Waals surface area contributed by atoms with E-state index in [0.717, 1.165) is 25.9 Å². The average molecular weight is 394 g/mol. The zero-order valence-electron chi connectivity index (χ0n) is 15.4. The third-order valence-electron chi connectivity index (χ3n) is 4.35. The second kappa shape index (κ2) is 11.8. The lowest BCUT2D eigenvalue weighted by Crippen LogP contribution is -2.46. The number of hydrogen-bond acceptors (Lipinski definition) is 4. The molecule has 4 N–H and O–H groups in total. The molecule has 156 valence electrons. The van der Waals surface area contributed by atoms with Gasteiger partial charge in [-0.05, 0) is 38.6 Å². The number of alkyl halides is 3. The van der Waals surface area contributed by atoms with Crippen molar-refractivity contribution in [3.8, 4) is 0 Å². The molecule has 1 fully saturated rings. The monoisotopic (exact) mass is 394 g/mol. The molecule has 0 aromatic heterocycles. The molecule has 0 aromatic rings. The number of nitrogens with one attached hydrogen (secondary N) is 2. The van der Waals surface area contributed by atoms with Gasteiger partial charge in [-0.3, -0.25) is 14.4 Å². The molecule has 0 saturated carbocycles. The molecular weight excluding hydrogens is 365 g/mol. The summed E-state index contributed by atoms with van der Waals surface area (Å²) in [6.45, 7) is 0.655. The highest BCUT2D eigenvalue weighted by Crippen LogP contribution is 2.13. The minimum atomic E-state index is -4.40. The summed E-state index contributed by atoms with van der Waals surface area (Å²) in [6.07, 6.45) is -0.164. The van der Waals surface area contributed by atoms with E-state index < -0.39 is 30.6 Å². The molecule has 0 aromatic carbocycles. The van der Waals surface area contributed by atoms with Gasteiger partial charge in [0.05, 0.1) is 6.04 Å². The topological polar surface area (TPSA) is 105 Å². The maximum atomic E-state index is 12.5. The summed E-state index contributed by atoms with van der Waals surface area (Å²) in [4.78, 5) is 36.6. The number of nitrogens with two attached hydrogens (primary N) is 1. The Balaban J connectivity index is 2.23. The molecule has 0 spiro atoms. The molecule has 1 aliphatic heterocycles. The van der Waals surface area contributed by atoms with Gasteiger partial charge in [-0.25, -0.2) is 0 Å². The molecule has 7 nitrogen and oxygen atoms in total. The first-order valence-corrected chi connectivity index (χ1v) is 9.33. The Hall–Kier alpha value is -1.84. The van der Waals surface area contributed by atoms with Crippen molar-refractivity contribution in [2.45, 2.75) is 63.6 Å². The van der Waals surface area contributed by atoms with Crippen molar-refractivity contribution in [1.82, 2.24) is 15.5 Å². The zero-order valence-corrected chi connectivity index (χ0v) is 15.4. The first kappa shape index (κ1) is 23.2. The first-order chi connectivity index (χ1) is 12.7. The Morgan fingerprint density at radius 1 is 1.04 bits per heavy atom. The van der Waals surface area contributed by atoms with E-state index in [9.17, 15) is 27.6 Å². The van der Waals surface area contributed by atoms with Crippen LogP contribution in [0.5, 0.6) is 0 Å². The molecule has 1 heterocycles. The molecule has 1 aliphatic rings. The van der Waals surface area contributed by atoms with Crippen molar-refractivity contribution in [3.63, 3.8) is 0 Å². The number of rotatable bonds is 12. The Morgan fingerprint density at radius 2 is 1.70 bits per heavy atom. The first-order valence-electron chi connectivity index (χ1n) is 9.33. The number of primary amides is 1. The quantitative estimate of drug-likeness (QED) is 0.431. The van der Waals surface area contributed by atoms with Crippen LogP contribution in [0.1, 0.15) is 51.4 Å². The largest absolute Gasteiger partial charge is 0.405 e. The van der Waals surface area contributed by atoms with E-state index in [-0.39, 0.29) is 18.7 Å². The lowest BCUT2D eigenvalue weighted by molar-refractivity contribution is -0.138. The minimum Gasteiger partial charge on any atom is -0.370 e. The van der Waals surface area contributed by atoms with Gasteiger partial charge in [0, 0.05) is 25.9 Å². The molecule has 1 rings (SSSR count). The van der Waals surface area contributed by atoms with Crippen LogP contribution in [0.15, 0.2) is 0 Å². The van der Waals surface area contributed by atoms with Gasteiger partial charge in [0.25, 0.3) is 0 Å². The molecule has 3 amide bonds. The average Bonchev–Trinajstić information content (AvgIpc) is 3.11. The van der Waals surface area contributed by atoms with Crippen molar-refractivity contribution in [2.24, 2.45) is 5.73 Å². The third-order valence-corrected chi connectivity index (χ3v) is 4.35. The summed E-state index contributed by atoms with van der Waals surface area (Å²) < 4.78 is 36.0. The summed E-state index contributed by atoms with van der Waals surface area (Å²) in [5, 5.41) is 4.97. The number of halogens is 3. The normalized spacial score (nSPS) is 15.6. The highest BCUT2D eigenvalue weighted by molar-refractivity contribution is 5.83. The van der Waals surface area contributed by atoms with E-state index in [1.807, 2.05) is 5.32 Å². The standard InChI is InChI=1S/C17H29F3N4O3/c18-17(19,20)12-23-15(26)6-2-1-3-9-22-13(7-8-14(21)25)16(27)24-10-4-5-11-24/h13,22H,1-12H2,(H2,21,25)(H,23,26). The summed E-state index contributed by atoms with van der Waals surface area (Å²) in [7, 11) is 0. The lowest BCUT2D eigenvalue weighted by atomic mass is 10.1. The van der Waals surface area contributed by atoms with E-state index in [1.54, 1.807) is 4.90 Å². The molecule has 0 aliphatic carbocycles. The van der Waals surface area contributed by atoms with Crippen molar-refractivity contribution in [1.29, 1.82) is 0 Å². The molecule has 0 bridgehead atoms. The number of nitrogens with zero attached hydrogens (tertiary/aromatic N) is 1. The van der Waals surface area contributed by atoms with E-state index >= 15 is 0 Å². The van der Waals surface area contributed by atoms with Crippen LogP contribution in [0.25, 0.3) is 0 Å².